The lowest BCUT2D eigenvalue weighted by molar-refractivity contribution is 0.504. The van der Waals surface area contributed by atoms with Gasteiger partial charge in [0.05, 0.1) is 0 Å². The van der Waals surface area contributed by atoms with Gasteiger partial charge in [-0.1, -0.05) is 34.1 Å². The third-order valence-corrected chi connectivity index (χ3v) is 3.44. The maximum absolute atomic E-state index is 13.1. The Bertz CT molecular complexity index is 572. The van der Waals surface area contributed by atoms with Crippen molar-refractivity contribution < 1.29 is 8.78 Å². The second-order valence-electron chi connectivity index (χ2n) is 4.41. The van der Waals surface area contributed by atoms with Crippen molar-refractivity contribution in [2.45, 2.75) is 19.5 Å². The van der Waals surface area contributed by atoms with Gasteiger partial charge < -0.3 is 5.32 Å². The van der Waals surface area contributed by atoms with Gasteiger partial charge in [-0.2, -0.15) is 0 Å². The minimum Gasteiger partial charge on any atom is -0.306 e. The van der Waals surface area contributed by atoms with Crippen molar-refractivity contribution in [2.75, 3.05) is 0 Å². The molecule has 0 amide bonds. The van der Waals surface area contributed by atoms with Crippen molar-refractivity contribution in [3.63, 3.8) is 0 Å². The molecule has 0 saturated carbocycles. The summed E-state index contributed by atoms with van der Waals surface area (Å²) in [5.41, 5.74) is 1.86. The summed E-state index contributed by atoms with van der Waals surface area (Å²) in [7, 11) is 0. The van der Waals surface area contributed by atoms with Crippen LogP contribution in [0.5, 0.6) is 0 Å². The maximum atomic E-state index is 13.1. The van der Waals surface area contributed by atoms with Gasteiger partial charge in [0.2, 0.25) is 0 Å². The van der Waals surface area contributed by atoms with Crippen LogP contribution in [-0.4, -0.2) is 0 Å². The first kappa shape index (κ1) is 14.2. The Labute approximate surface area is 119 Å². The smallest absolute Gasteiger partial charge is 0.159 e. The van der Waals surface area contributed by atoms with Crippen molar-refractivity contribution in [1.82, 2.24) is 5.32 Å². The SMILES string of the molecule is C[C@@H](NCc1ccc(F)c(F)c1)c1cccc(Br)c1. The van der Waals surface area contributed by atoms with Crippen LogP contribution in [0.4, 0.5) is 8.78 Å². The summed E-state index contributed by atoms with van der Waals surface area (Å²) in [5.74, 6) is -1.63. The molecule has 1 atom stereocenters. The molecule has 0 spiro atoms. The summed E-state index contributed by atoms with van der Waals surface area (Å²) < 4.78 is 26.9. The monoisotopic (exact) mass is 325 g/mol. The zero-order valence-electron chi connectivity index (χ0n) is 10.5. The largest absolute Gasteiger partial charge is 0.306 e. The zero-order chi connectivity index (χ0) is 13.8. The van der Waals surface area contributed by atoms with Crippen molar-refractivity contribution in [1.29, 1.82) is 0 Å². The average molecular weight is 326 g/mol. The second kappa shape index (κ2) is 6.26. The first-order valence-corrected chi connectivity index (χ1v) is 6.78. The normalized spacial score (nSPS) is 12.4. The van der Waals surface area contributed by atoms with Gasteiger partial charge in [0.1, 0.15) is 0 Å². The van der Waals surface area contributed by atoms with Crippen molar-refractivity contribution in [2.24, 2.45) is 0 Å². The minimum absolute atomic E-state index is 0.130. The van der Waals surface area contributed by atoms with E-state index in [1.54, 1.807) is 6.07 Å². The lowest BCUT2D eigenvalue weighted by atomic mass is 10.1. The number of hydrogen-bond acceptors (Lipinski definition) is 1. The van der Waals surface area contributed by atoms with Crippen LogP contribution in [0.15, 0.2) is 46.9 Å². The van der Waals surface area contributed by atoms with E-state index in [1.165, 1.54) is 6.07 Å². The van der Waals surface area contributed by atoms with Gasteiger partial charge >= 0.3 is 0 Å². The fourth-order valence-corrected chi connectivity index (χ4v) is 2.23. The molecule has 0 fully saturated rings. The standard InChI is InChI=1S/C15H14BrF2N/c1-10(12-3-2-4-13(16)8-12)19-9-11-5-6-14(17)15(18)7-11/h2-8,10,19H,9H2,1H3/t10-/m1/s1. The number of benzene rings is 2. The number of rotatable bonds is 4. The Morgan fingerprint density at radius 1 is 1.11 bits per heavy atom. The number of nitrogens with one attached hydrogen (secondary N) is 1. The third kappa shape index (κ3) is 3.85. The van der Waals surface area contributed by atoms with Gasteiger partial charge in [-0.15, -0.1) is 0 Å². The zero-order valence-corrected chi connectivity index (χ0v) is 12.0. The topological polar surface area (TPSA) is 12.0 Å². The Morgan fingerprint density at radius 3 is 2.58 bits per heavy atom. The molecule has 0 saturated heterocycles. The van der Waals surface area contributed by atoms with E-state index in [0.717, 1.165) is 21.7 Å². The first-order valence-electron chi connectivity index (χ1n) is 5.99. The van der Waals surface area contributed by atoms with Gasteiger partial charge in [-0.25, -0.2) is 8.78 Å². The molecule has 4 heteroatoms. The molecule has 19 heavy (non-hydrogen) atoms. The highest BCUT2D eigenvalue weighted by molar-refractivity contribution is 9.10. The maximum Gasteiger partial charge on any atom is 0.159 e. The molecule has 2 aromatic rings. The van der Waals surface area contributed by atoms with Gasteiger partial charge in [0.15, 0.2) is 11.6 Å². The van der Waals surface area contributed by atoms with Crippen LogP contribution < -0.4 is 5.32 Å². The van der Waals surface area contributed by atoms with E-state index in [0.29, 0.717) is 6.54 Å². The molecule has 0 radical (unpaired) electrons. The van der Waals surface area contributed by atoms with E-state index in [9.17, 15) is 8.78 Å². The molecule has 0 heterocycles. The number of halogens is 3. The molecular weight excluding hydrogens is 312 g/mol. The van der Waals surface area contributed by atoms with Gasteiger partial charge in [-0.3, -0.25) is 0 Å². The molecule has 0 aliphatic carbocycles. The summed E-state index contributed by atoms with van der Waals surface area (Å²) in [6.07, 6.45) is 0. The Kier molecular flexibility index (Phi) is 4.66. The Hall–Kier alpha value is -1.26. The van der Waals surface area contributed by atoms with E-state index in [4.69, 9.17) is 0 Å². The molecule has 0 aromatic heterocycles. The highest BCUT2D eigenvalue weighted by Gasteiger charge is 2.07. The summed E-state index contributed by atoms with van der Waals surface area (Å²) in [5, 5.41) is 3.28. The molecule has 0 aliphatic rings. The molecule has 2 aromatic carbocycles. The molecule has 0 unspecified atom stereocenters. The second-order valence-corrected chi connectivity index (χ2v) is 5.32. The number of hydrogen-bond donors (Lipinski definition) is 1. The lowest BCUT2D eigenvalue weighted by Crippen LogP contribution is -2.18. The van der Waals surface area contributed by atoms with Crippen molar-refractivity contribution in [3.05, 3.63) is 69.7 Å². The quantitative estimate of drug-likeness (QED) is 0.867. The highest BCUT2D eigenvalue weighted by atomic mass is 79.9. The van der Waals surface area contributed by atoms with Crippen LogP contribution in [0.1, 0.15) is 24.1 Å². The average Bonchev–Trinajstić information content (AvgIpc) is 2.40. The highest BCUT2D eigenvalue weighted by Crippen LogP contribution is 2.18. The summed E-state index contributed by atoms with van der Waals surface area (Å²) in [4.78, 5) is 0. The van der Waals surface area contributed by atoms with E-state index in [-0.39, 0.29) is 6.04 Å². The van der Waals surface area contributed by atoms with Crippen molar-refractivity contribution >= 4 is 15.9 Å². The van der Waals surface area contributed by atoms with Crippen LogP contribution in [0.2, 0.25) is 0 Å². The Morgan fingerprint density at radius 2 is 1.89 bits per heavy atom. The van der Waals surface area contributed by atoms with E-state index >= 15 is 0 Å². The molecule has 1 nitrogen and oxygen atoms in total. The molecule has 100 valence electrons. The predicted molar refractivity (Wildman–Crippen MR) is 75.8 cm³/mol. The Balaban J connectivity index is 2.00. The van der Waals surface area contributed by atoms with Crippen LogP contribution in [-0.2, 0) is 6.54 Å². The molecule has 0 aliphatic heterocycles. The summed E-state index contributed by atoms with van der Waals surface area (Å²) >= 11 is 3.42. The van der Waals surface area contributed by atoms with E-state index in [2.05, 4.69) is 21.2 Å². The van der Waals surface area contributed by atoms with E-state index in [1.807, 2.05) is 31.2 Å². The molecular formula is C15H14BrF2N. The third-order valence-electron chi connectivity index (χ3n) is 2.95. The molecule has 0 bridgehead atoms. The van der Waals surface area contributed by atoms with Crippen LogP contribution in [0.3, 0.4) is 0 Å². The van der Waals surface area contributed by atoms with Crippen LogP contribution in [0.25, 0.3) is 0 Å². The summed E-state index contributed by atoms with van der Waals surface area (Å²) in [6, 6.07) is 12.1. The molecule has 2 rings (SSSR count). The van der Waals surface area contributed by atoms with Crippen LogP contribution >= 0.6 is 15.9 Å². The fraction of sp³-hybridized carbons (Fsp3) is 0.200. The minimum atomic E-state index is -0.816. The van der Waals surface area contributed by atoms with E-state index < -0.39 is 11.6 Å². The summed E-state index contributed by atoms with van der Waals surface area (Å²) in [6.45, 7) is 2.52. The van der Waals surface area contributed by atoms with Gasteiger partial charge in [0, 0.05) is 17.1 Å². The lowest BCUT2D eigenvalue weighted by Gasteiger charge is -2.14. The molecule has 1 N–H and O–H groups in total. The van der Waals surface area contributed by atoms with Gasteiger partial charge in [0.25, 0.3) is 0 Å². The fourth-order valence-electron chi connectivity index (χ4n) is 1.81. The van der Waals surface area contributed by atoms with Crippen molar-refractivity contribution in [3.8, 4) is 0 Å². The van der Waals surface area contributed by atoms with Crippen LogP contribution in [0, 0.1) is 11.6 Å². The predicted octanol–water partition coefficient (Wildman–Crippen LogP) is 4.58. The first-order chi connectivity index (χ1) is 9.06. The van der Waals surface area contributed by atoms with Gasteiger partial charge in [-0.05, 0) is 42.3 Å².